The Kier molecular flexibility index (Phi) is 4.53. The van der Waals surface area contributed by atoms with E-state index in [1.54, 1.807) is 11.3 Å². The van der Waals surface area contributed by atoms with E-state index in [-0.39, 0.29) is 0 Å². The smallest absolute Gasteiger partial charge is 0.0242 e. The van der Waals surface area contributed by atoms with E-state index >= 15 is 0 Å². The van der Waals surface area contributed by atoms with Crippen molar-refractivity contribution in [2.75, 3.05) is 7.05 Å². The van der Waals surface area contributed by atoms with Crippen molar-refractivity contribution in [1.29, 1.82) is 0 Å². The van der Waals surface area contributed by atoms with Gasteiger partial charge in [0.2, 0.25) is 0 Å². The summed E-state index contributed by atoms with van der Waals surface area (Å²) in [6, 6.07) is 8.70. The summed E-state index contributed by atoms with van der Waals surface area (Å²) < 4.78 is 0. The molecule has 2 rings (SSSR count). The molecule has 0 saturated heterocycles. The summed E-state index contributed by atoms with van der Waals surface area (Å²) in [6.07, 6.45) is 0. The topological polar surface area (TPSA) is 29.3 Å². The lowest BCUT2D eigenvalue weighted by molar-refractivity contribution is 0.319. The molecule has 0 saturated carbocycles. The SMILES string of the molecule is Cc1cc(CN)ccc1CN(C)Cc1ccsc1. The summed E-state index contributed by atoms with van der Waals surface area (Å²) in [5.74, 6) is 0. The number of rotatable bonds is 5. The lowest BCUT2D eigenvalue weighted by Crippen LogP contribution is -2.17. The number of nitrogens with two attached hydrogens (primary N) is 1. The van der Waals surface area contributed by atoms with Crippen molar-refractivity contribution in [2.45, 2.75) is 26.6 Å². The van der Waals surface area contributed by atoms with Crippen LogP contribution in [0.15, 0.2) is 35.0 Å². The summed E-state index contributed by atoms with van der Waals surface area (Å²) in [6.45, 7) is 4.76. The number of benzene rings is 1. The number of hydrogen-bond acceptors (Lipinski definition) is 3. The minimum absolute atomic E-state index is 0.617. The predicted molar refractivity (Wildman–Crippen MR) is 78.6 cm³/mol. The molecular weight excluding hydrogens is 240 g/mol. The molecule has 0 bridgehead atoms. The molecule has 0 atom stereocenters. The van der Waals surface area contributed by atoms with Crippen LogP contribution in [0.1, 0.15) is 22.3 Å². The third-order valence-corrected chi connectivity index (χ3v) is 3.85. The van der Waals surface area contributed by atoms with Crippen molar-refractivity contribution in [3.63, 3.8) is 0 Å². The van der Waals surface area contributed by atoms with Gasteiger partial charge in [0.05, 0.1) is 0 Å². The molecule has 0 amide bonds. The van der Waals surface area contributed by atoms with Gasteiger partial charge in [-0.05, 0) is 53.1 Å². The van der Waals surface area contributed by atoms with Gasteiger partial charge in [-0.3, -0.25) is 4.90 Å². The van der Waals surface area contributed by atoms with Gasteiger partial charge in [0.1, 0.15) is 0 Å². The Hall–Kier alpha value is -1.16. The zero-order chi connectivity index (χ0) is 13.0. The minimum Gasteiger partial charge on any atom is -0.326 e. The summed E-state index contributed by atoms with van der Waals surface area (Å²) in [5, 5.41) is 4.34. The molecule has 0 unspecified atom stereocenters. The van der Waals surface area contributed by atoms with Gasteiger partial charge in [-0.25, -0.2) is 0 Å². The average molecular weight is 260 g/mol. The van der Waals surface area contributed by atoms with Crippen LogP contribution in [-0.2, 0) is 19.6 Å². The maximum absolute atomic E-state index is 5.65. The van der Waals surface area contributed by atoms with Crippen LogP contribution in [0.5, 0.6) is 0 Å². The first kappa shape index (κ1) is 13.3. The Morgan fingerprint density at radius 1 is 1.17 bits per heavy atom. The summed E-state index contributed by atoms with van der Waals surface area (Å²) >= 11 is 1.76. The second-order valence-electron chi connectivity index (χ2n) is 4.77. The van der Waals surface area contributed by atoms with E-state index in [2.05, 4.69) is 53.9 Å². The molecule has 1 aromatic heterocycles. The van der Waals surface area contributed by atoms with Gasteiger partial charge in [0, 0.05) is 19.6 Å². The number of nitrogens with zero attached hydrogens (tertiary/aromatic N) is 1. The van der Waals surface area contributed by atoms with E-state index in [0.717, 1.165) is 13.1 Å². The van der Waals surface area contributed by atoms with Gasteiger partial charge in [-0.2, -0.15) is 11.3 Å². The van der Waals surface area contributed by atoms with Gasteiger partial charge >= 0.3 is 0 Å². The van der Waals surface area contributed by atoms with E-state index in [0.29, 0.717) is 6.54 Å². The largest absolute Gasteiger partial charge is 0.326 e. The maximum atomic E-state index is 5.65. The molecule has 0 spiro atoms. The van der Waals surface area contributed by atoms with Gasteiger partial charge in [0.25, 0.3) is 0 Å². The third-order valence-electron chi connectivity index (χ3n) is 3.12. The highest BCUT2D eigenvalue weighted by atomic mass is 32.1. The Morgan fingerprint density at radius 3 is 2.61 bits per heavy atom. The Bertz CT molecular complexity index is 491. The molecule has 0 aliphatic carbocycles. The fourth-order valence-corrected chi connectivity index (χ4v) is 2.76. The van der Waals surface area contributed by atoms with Crippen LogP contribution >= 0.6 is 11.3 Å². The second kappa shape index (κ2) is 6.14. The normalized spacial score (nSPS) is 11.1. The first-order valence-electron chi connectivity index (χ1n) is 6.17. The van der Waals surface area contributed by atoms with Crippen molar-refractivity contribution >= 4 is 11.3 Å². The van der Waals surface area contributed by atoms with Crippen LogP contribution in [0.3, 0.4) is 0 Å². The van der Waals surface area contributed by atoms with Crippen LogP contribution < -0.4 is 5.73 Å². The van der Waals surface area contributed by atoms with Crippen molar-refractivity contribution in [1.82, 2.24) is 4.90 Å². The van der Waals surface area contributed by atoms with Crippen molar-refractivity contribution in [3.8, 4) is 0 Å². The highest BCUT2D eigenvalue weighted by Gasteiger charge is 2.05. The van der Waals surface area contributed by atoms with Crippen molar-refractivity contribution in [2.24, 2.45) is 5.73 Å². The monoisotopic (exact) mass is 260 g/mol. The Balaban J connectivity index is 2.00. The fraction of sp³-hybridized carbons (Fsp3) is 0.333. The molecule has 18 heavy (non-hydrogen) atoms. The molecule has 1 aromatic carbocycles. The zero-order valence-electron chi connectivity index (χ0n) is 11.0. The van der Waals surface area contributed by atoms with Gasteiger partial charge < -0.3 is 5.73 Å². The van der Waals surface area contributed by atoms with E-state index in [4.69, 9.17) is 5.73 Å². The molecule has 1 heterocycles. The molecule has 0 aliphatic heterocycles. The standard InChI is InChI=1S/C15H20N2S/c1-12-7-13(8-16)3-4-15(12)10-17(2)9-14-5-6-18-11-14/h3-7,11H,8-10,16H2,1-2H3. The van der Waals surface area contributed by atoms with Crippen molar-refractivity contribution in [3.05, 3.63) is 57.3 Å². The van der Waals surface area contributed by atoms with Crippen LogP contribution in [0, 0.1) is 6.92 Å². The molecule has 2 aromatic rings. The van der Waals surface area contributed by atoms with Crippen LogP contribution in [-0.4, -0.2) is 11.9 Å². The van der Waals surface area contributed by atoms with Crippen LogP contribution in [0.2, 0.25) is 0 Å². The molecule has 96 valence electrons. The van der Waals surface area contributed by atoms with Gasteiger partial charge in [0.15, 0.2) is 0 Å². The van der Waals surface area contributed by atoms with Gasteiger partial charge in [-0.15, -0.1) is 0 Å². The Labute approximate surface area is 113 Å². The zero-order valence-corrected chi connectivity index (χ0v) is 11.8. The molecule has 0 fully saturated rings. The number of hydrogen-bond donors (Lipinski definition) is 1. The fourth-order valence-electron chi connectivity index (χ4n) is 2.10. The average Bonchev–Trinajstić information content (AvgIpc) is 2.84. The van der Waals surface area contributed by atoms with E-state index in [1.165, 1.54) is 22.3 Å². The predicted octanol–water partition coefficient (Wildman–Crippen LogP) is 3.15. The highest BCUT2D eigenvalue weighted by Crippen LogP contribution is 2.15. The first-order chi connectivity index (χ1) is 8.69. The molecule has 0 radical (unpaired) electrons. The maximum Gasteiger partial charge on any atom is 0.0242 e. The minimum atomic E-state index is 0.617. The highest BCUT2D eigenvalue weighted by molar-refractivity contribution is 7.07. The number of aryl methyl sites for hydroxylation is 1. The summed E-state index contributed by atoms with van der Waals surface area (Å²) in [7, 11) is 2.16. The van der Waals surface area contributed by atoms with Gasteiger partial charge in [-0.1, -0.05) is 18.2 Å². The van der Waals surface area contributed by atoms with E-state index in [9.17, 15) is 0 Å². The molecule has 0 aliphatic rings. The molecular formula is C15H20N2S. The van der Waals surface area contributed by atoms with Crippen LogP contribution in [0.25, 0.3) is 0 Å². The lowest BCUT2D eigenvalue weighted by atomic mass is 10.0. The van der Waals surface area contributed by atoms with E-state index < -0.39 is 0 Å². The summed E-state index contributed by atoms with van der Waals surface area (Å²) in [4.78, 5) is 2.34. The first-order valence-corrected chi connectivity index (χ1v) is 7.11. The van der Waals surface area contributed by atoms with E-state index in [1.807, 2.05) is 0 Å². The number of thiophene rings is 1. The lowest BCUT2D eigenvalue weighted by Gasteiger charge is -2.18. The quantitative estimate of drug-likeness (QED) is 0.895. The second-order valence-corrected chi connectivity index (χ2v) is 5.55. The third kappa shape index (κ3) is 3.42. The summed E-state index contributed by atoms with van der Waals surface area (Å²) in [5.41, 5.74) is 11.0. The Morgan fingerprint density at radius 2 is 2.00 bits per heavy atom. The van der Waals surface area contributed by atoms with Crippen molar-refractivity contribution < 1.29 is 0 Å². The molecule has 2 nitrogen and oxygen atoms in total. The molecule has 3 heteroatoms. The van der Waals surface area contributed by atoms with Crippen LogP contribution in [0.4, 0.5) is 0 Å². The molecule has 2 N–H and O–H groups in total.